The van der Waals surface area contributed by atoms with Gasteiger partial charge in [-0.3, -0.25) is 14.0 Å². The van der Waals surface area contributed by atoms with Crippen molar-refractivity contribution >= 4 is 11.7 Å². The van der Waals surface area contributed by atoms with Gasteiger partial charge in [0, 0.05) is 41.7 Å². The summed E-state index contributed by atoms with van der Waals surface area (Å²) < 4.78 is 24.1. The number of nitrogens with one attached hydrogen (secondary N) is 1. The maximum Gasteiger partial charge on any atom is 0.289 e. The number of carbonyl (C=O) groups excluding carboxylic acids is 1. The summed E-state index contributed by atoms with van der Waals surface area (Å²) >= 11 is 0. The molecule has 3 N–H and O–H groups in total. The van der Waals surface area contributed by atoms with Crippen molar-refractivity contribution in [3.8, 4) is 28.3 Å². The second kappa shape index (κ2) is 7.14. The van der Waals surface area contributed by atoms with Crippen LogP contribution < -0.4 is 15.8 Å². The molecule has 4 aromatic rings. The first-order valence-electron chi connectivity index (χ1n) is 11.0. The van der Waals surface area contributed by atoms with Crippen LogP contribution in [0.25, 0.3) is 22.5 Å². The monoisotopic (exact) mass is 459 g/mol. The number of halogens is 1. The van der Waals surface area contributed by atoms with E-state index in [0.717, 1.165) is 22.5 Å². The van der Waals surface area contributed by atoms with Crippen LogP contribution in [0.4, 0.5) is 10.2 Å². The topological polar surface area (TPSA) is 113 Å². The van der Waals surface area contributed by atoms with Crippen molar-refractivity contribution in [2.75, 3.05) is 5.73 Å². The molecule has 2 atom stereocenters. The number of hydrogen-bond acceptors (Lipinski definition) is 6. The molecule has 0 saturated carbocycles. The van der Waals surface area contributed by atoms with Gasteiger partial charge in [0.2, 0.25) is 5.82 Å². The van der Waals surface area contributed by atoms with Gasteiger partial charge in [-0.05, 0) is 37.6 Å². The zero-order valence-electron chi connectivity index (χ0n) is 18.8. The lowest BCUT2D eigenvalue weighted by Gasteiger charge is -2.23. The molecule has 1 amide bonds. The average Bonchev–Trinajstić information content (AvgIpc) is 3.47. The van der Waals surface area contributed by atoms with E-state index in [1.807, 2.05) is 31.7 Å². The maximum atomic E-state index is 14.4. The molecular formula is C24H22FN7O2. The van der Waals surface area contributed by atoms with E-state index < -0.39 is 12.3 Å². The highest BCUT2D eigenvalue weighted by Crippen LogP contribution is 2.42. The molecule has 0 saturated heterocycles. The zero-order valence-corrected chi connectivity index (χ0v) is 18.8. The van der Waals surface area contributed by atoms with Crippen LogP contribution in [0.2, 0.25) is 0 Å². The number of imidazole rings is 1. The lowest BCUT2D eigenvalue weighted by molar-refractivity contribution is 0.0956. The van der Waals surface area contributed by atoms with Gasteiger partial charge in [0.15, 0.2) is 11.6 Å². The smallest absolute Gasteiger partial charge is 0.289 e. The first-order valence-corrected chi connectivity index (χ1v) is 11.0. The molecule has 0 fully saturated rings. The van der Waals surface area contributed by atoms with Gasteiger partial charge in [-0.15, -0.1) is 0 Å². The second-order valence-corrected chi connectivity index (χ2v) is 8.54. The number of aromatic nitrogens is 5. The van der Waals surface area contributed by atoms with E-state index in [4.69, 9.17) is 15.6 Å². The number of anilines is 1. The van der Waals surface area contributed by atoms with Crippen LogP contribution in [0.3, 0.4) is 0 Å². The van der Waals surface area contributed by atoms with Crippen molar-refractivity contribution in [2.45, 2.75) is 32.5 Å². The Labute approximate surface area is 194 Å². The number of rotatable bonds is 1. The number of carbonyl (C=O) groups is 1. The molecule has 2 aliphatic rings. The summed E-state index contributed by atoms with van der Waals surface area (Å²) in [7, 11) is 1.81. The van der Waals surface area contributed by atoms with Crippen molar-refractivity contribution in [3.05, 3.63) is 65.1 Å². The molecular weight excluding hydrogens is 437 g/mol. The van der Waals surface area contributed by atoms with E-state index in [2.05, 4.69) is 15.3 Å². The third-order valence-electron chi connectivity index (χ3n) is 6.36. The van der Waals surface area contributed by atoms with Gasteiger partial charge in [0.05, 0.1) is 17.1 Å². The van der Waals surface area contributed by atoms with Crippen LogP contribution in [0.5, 0.6) is 5.75 Å². The summed E-state index contributed by atoms with van der Waals surface area (Å²) in [5.74, 6) is 0.237. The Kier molecular flexibility index (Phi) is 4.29. The molecule has 0 radical (unpaired) electrons. The first-order chi connectivity index (χ1) is 16.4. The Morgan fingerprint density at radius 3 is 2.88 bits per heavy atom. The van der Waals surface area contributed by atoms with Crippen LogP contribution in [-0.4, -0.2) is 30.2 Å². The normalized spacial score (nSPS) is 18.2. The SMILES string of the molecule is CCc1nc2n3c1-c1cnc(N)c(c1)O[C@H](C)c1cc(F)ccc1-c1nn(C)cc1[C@H]3NC2=O. The lowest BCUT2D eigenvalue weighted by atomic mass is 9.97. The van der Waals surface area contributed by atoms with Crippen molar-refractivity contribution in [2.24, 2.45) is 7.05 Å². The third kappa shape index (κ3) is 2.84. The quantitative estimate of drug-likeness (QED) is 0.451. The van der Waals surface area contributed by atoms with E-state index >= 15 is 0 Å². The van der Waals surface area contributed by atoms with Gasteiger partial charge < -0.3 is 15.8 Å². The fraction of sp³-hybridized carbons (Fsp3) is 0.250. The Balaban J connectivity index is 1.73. The minimum atomic E-state index is -0.552. The maximum absolute atomic E-state index is 14.4. The number of benzene rings is 1. The molecule has 0 spiro atoms. The summed E-state index contributed by atoms with van der Waals surface area (Å²) in [5.41, 5.74) is 11.1. The summed E-state index contributed by atoms with van der Waals surface area (Å²) in [4.78, 5) is 22.0. The highest BCUT2D eigenvalue weighted by atomic mass is 19.1. The second-order valence-electron chi connectivity index (χ2n) is 8.54. The van der Waals surface area contributed by atoms with Crippen molar-refractivity contribution < 1.29 is 13.9 Å². The van der Waals surface area contributed by atoms with Gasteiger partial charge in [-0.1, -0.05) is 6.92 Å². The Morgan fingerprint density at radius 1 is 1.26 bits per heavy atom. The number of pyridine rings is 1. The number of nitrogens with zero attached hydrogens (tertiary/aromatic N) is 5. The molecule has 0 unspecified atom stereocenters. The van der Waals surface area contributed by atoms with Crippen LogP contribution in [-0.2, 0) is 13.5 Å². The van der Waals surface area contributed by atoms with E-state index in [0.29, 0.717) is 34.8 Å². The molecule has 3 aromatic heterocycles. The molecule has 0 aliphatic carbocycles. The molecule has 5 heterocycles. The molecule has 9 nitrogen and oxygen atoms in total. The van der Waals surface area contributed by atoms with E-state index in [1.54, 1.807) is 23.0 Å². The third-order valence-corrected chi connectivity index (χ3v) is 6.36. The average molecular weight is 459 g/mol. The molecule has 2 aliphatic heterocycles. The van der Waals surface area contributed by atoms with Gasteiger partial charge in [0.25, 0.3) is 5.91 Å². The summed E-state index contributed by atoms with van der Waals surface area (Å²) in [5, 5.41) is 7.74. The van der Waals surface area contributed by atoms with Gasteiger partial charge in [-0.2, -0.15) is 5.10 Å². The highest BCUT2D eigenvalue weighted by Gasteiger charge is 2.38. The summed E-state index contributed by atoms with van der Waals surface area (Å²) in [6.07, 6.45) is 3.03. The minimum Gasteiger partial charge on any atom is -0.482 e. The number of aryl methyl sites for hydroxylation is 2. The first kappa shape index (κ1) is 20.4. The Morgan fingerprint density at radius 2 is 2.09 bits per heavy atom. The van der Waals surface area contributed by atoms with Gasteiger partial charge in [0.1, 0.15) is 18.1 Å². The molecule has 1 aromatic carbocycles. The van der Waals surface area contributed by atoms with E-state index in [1.165, 1.54) is 12.1 Å². The van der Waals surface area contributed by atoms with Crippen molar-refractivity contribution in [1.82, 2.24) is 29.6 Å². The number of nitrogen functional groups attached to an aromatic ring is 1. The minimum absolute atomic E-state index is 0.217. The lowest BCUT2D eigenvalue weighted by Crippen LogP contribution is -2.24. The number of ether oxygens (including phenoxy) is 1. The standard InChI is InChI=1S/C24H22FN7O2/c1-4-17-20-12-7-18(21(26)27-9-12)34-11(2)15-8-13(25)5-6-14(15)19-16(10-31(3)30-19)22-29-24(33)23(28-17)32(20)22/h5-11,22H,4H2,1-3H3,(H2,26,27)(H,29,33)/t11-,22+/m1/s1. The van der Waals surface area contributed by atoms with Crippen molar-refractivity contribution in [1.29, 1.82) is 0 Å². The molecule has 34 heavy (non-hydrogen) atoms. The predicted octanol–water partition coefficient (Wildman–Crippen LogP) is 3.37. The summed E-state index contributed by atoms with van der Waals surface area (Å²) in [6.45, 7) is 3.82. The Hall–Kier alpha value is -4.21. The number of nitrogens with two attached hydrogens (primary N) is 1. The van der Waals surface area contributed by atoms with Crippen LogP contribution in [0.15, 0.2) is 36.7 Å². The highest BCUT2D eigenvalue weighted by molar-refractivity contribution is 5.95. The largest absolute Gasteiger partial charge is 0.482 e. The van der Waals surface area contributed by atoms with Crippen LogP contribution in [0, 0.1) is 5.82 Å². The van der Waals surface area contributed by atoms with Gasteiger partial charge >= 0.3 is 0 Å². The molecule has 2 bridgehead atoms. The molecule has 172 valence electrons. The van der Waals surface area contributed by atoms with Crippen molar-refractivity contribution in [3.63, 3.8) is 0 Å². The van der Waals surface area contributed by atoms with Gasteiger partial charge in [-0.25, -0.2) is 14.4 Å². The van der Waals surface area contributed by atoms with Crippen LogP contribution >= 0.6 is 0 Å². The fourth-order valence-corrected chi connectivity index (χ4v) is 4.85. The Bertz CT molecular complexity index is 1490. The van der Waals surface area contributed by atoms with E-state index in [-0.39, 0.29) is 17.5 Å². The number of fused-ring (bicyclic) bond motifs is 7. The fourth-order valence-electron chi connectivity index (χ4n) is 4.85. The predicted molar refractivity (Wildman–Crippen MR) is 122 cm³/mol. The van der Waals surface area contributed by atoms with Crippen LogP contribution in [0.1, 0.15) is 53.6 Å². The molecule has 10 heteroatoms. The zero-order chi connectivity index (χ0) is 23.7. The number of hydrogen-bond donors (Lipinski definition) is 2. The number of amides is 1. The summed E-state index contributed by atoms with van der Waals surface area (Å²) in [6, 6.07) is 6.31. The van der Waals surface area contributed by atoms with E-state index in [9.17, 15) is 9.18 Å². The molecule has 6 rings (SSSR count).